The van der Waals surface area contributed by atoms with Crippen LogP contribution in [0.15, 0.2) is 24.4 Å². The quantitative estimate of drug-likeness (QED) is 0.650. The molecule has 0 radical (unpaired) electrons. The number of para-hydroxylation sites is 1. The Bertz CT molecular complexity index is 468. The van der Waals surface area contributed by atoms with Gasteiger partial charge in [0, 0.05) is 18.6 Å². The fourth-order valence-electron chi connectivity index (χ4n) is 1.92. The van der Waals surface area contributed by atoms with Crippen molar-refractivity contribution in [2.24, 2.45) is 7.05 Å². The zero-order chi connectivity index (χ0) is 10.3. The summed E-state index contributed by atoms with van der Waals surface area (Å²) in [6, 6.07) is 5.81. The molecule has 0 fully saturated rings. The van der Waals surface area contributed by atoms with Gasteiger partial charge in [0.25, 0.3) is 0 Å². The summed E-state index contributed by atoms with van der Waals surface area (Å²) in [5.74, 6) is 0.289. The van der Waals surface area contributed by atoms with E-state index in [4.69, 9.17) is 0 Å². The molecule has 0 saturated heterocycles. The number of fused-ring (bicyclic) bond motifs is 1. The standard InChI is InChI=1S/C12H14FN/c1-8(2)9-5-4-6-10-11(13)7-14(3)12(9)10/h4-8H,1-3H3. The van der Waals surface area contributed by atoms with Crippen LogP contribution in [0.1, 0.15) is 25.3 Å². The second-order valence-electron chi connectivity index (χ2n) is 3.99. The first-order valence-electron chi connectivity index (χ1n) is 4.84. The fraction of sp³-hybridized carbons (Fsp3) is 0.333. The molecule has 0 bridgehead atoms. The Hall–Kier alpha value is -1.31. The Morgan fingerprint density at radius 1 is 1.29 bits per heavy atom. The minimum Gasteiger partial charge on any atom is -0.347 e. The summed E-state index contributed by atoms with van der Waals surface area (Å²) < 4.78 is 15.3. The van der Waals surface area contributed by atoms with Gasteiger partial charge in [0.2, 0.25) is 0 Å². The summed E-state index contributed by atoms with van der Waals surface area (Å²) in [6.07, 6.45) is 1.54. The first kappa shape index (κ1) is 9.25. The van der Waals surface area contributed by atoms with Crippen molar-refractivity contribution in [1.82, 2.24) is 4.57 Å². The molecule has 0 aliphatic carbocycles. The van der Waals surface area contributed by atoms with Crippen molar-refractivity contribution < 1.29 is 4.39 Å². The minimum atomic E-state index is -0.134. The lowest BCUT2D eigenvalue weighted by Gasteiger charge is -2.08. The molecule has 2 heteroatoms. The normalized spacial score (nSPS) is 11.5. The molecule has 0 N–H and O–H groups in total. The van der Waals surface area contributed by atoms with E-state index in [1.807, 2.05) is 23.7 Å². The molecule has 1 heterocycles. The number of hydrogen-bond donors (Lipinski definition) is 0. The molecule has 0 aliphatic heterocycles. The van der Waals surface area contributed by atoms with Gasteiger partial charge in [-0.15, -0.1) is 0 Å². The monoisotopic (exact) mass is 191 g/mol. The molecule has 0 aliphatic rings. The average Bonchev–Trinajstić information content (AvgIpc) is 2.43. The van der Waals surface area contributed by atoms with E-state index in [2.05, 4.69) is 19.9 Å². The molecule has 0 spiro atoms. The molecule has 0 atom stereocenters. The third kappa shape index (κ3) is 1.22. The minimum absolute atomic E-state index is 0.134. The lowest BCUT2D eigenvalue weighted by atomic mass is 10.0. The fourth-order valence-corrected chi connectivity index (χ4v) is 1.92. The van der Waals surface area contributed by atoms with E-state index in [9.17, 15) is 4.39 Å². The maximum absolute atomic E-state index is 13.4. The van der Waals surface area contributed by atoms with E-state index in [1.54, 1.807) is 0 Å². The Kier molecular flexibility index (Phi) is 2.06. The number of nitrogens with zero attached hydrogens (tertiary/aromatic N) is 1. The largest absolute Gasteiger partial charge is 0.347 e. The molecule has 2 rings (SSSR count). The molecule has 74 valence electrons. The van der Waals surface area contributed by atoms with E-state index < -0.39 is 0 Å². The van der Waals surface area contributed by atoms with Crippen molar-refractivity contribution in [1.29, 1.82) is 0 Å². The van der Waals surface area contributed by atoms with Crippen LogP contribution < -0.4 is 0 Å². The zero-order valence-corrected chi connectivity index (χ0v) is 8.71. The van der Waals surface area contributed by atoms with E-state index in [0.29, 0.717) is 5.92 Å². The first-order chi connectivity index (χ1) is 6.61. The first-order valence-corrected chi connectivity index (χ1v) is 4.84. The maximum atomic E-state index is 13.4. The number of hydrogen-bond acceptors (Lipinski definition) is 0. The Morgan fingerprint density at radius 3 is 2.64 bits per heavy atom. The van der Waals surface area contributed by atoms with Gasteiger partial charge in [0.15, 0.2) is 0 Å². The number of benzene rings is 1. The van der Waals surface area contributed by atoms with Crippen molar-refractivity contribution in [2.75, 3.05) is 0 Å². The van der Waals surface area contributed by atoms with Gasteiger partial charge in [-0.2, -0.15) is 0 Å². The van der Waals surface area contributed by atoms with Crippen molar-refractivity contribution in [3.63, 3.8) is 0 Å². The highest BCUT2D eigenvalue weighted by molar-refractivity contribution is 5.84. The van der Waals surface area contributed by atoms with Gasteiger partial charge >= 0.3 is 0 Å². The molecule has 1 aromatic heterocycles. The second kappa shape index (κ2) is 3.12. The molecular weight excluding hydrogens is 177 g/mol. The highest BCUT2D eigenvalue weighted by Crippen LogP contribution is 2.27. The molecule has 2 aromatic rings. The van der Waals surface area contributed by atoms with Crippen molar-refractivity contribution in [2.45, 2.75) is 19.8 Å². The predicted octanol–water partition coefficient (Wildman–Crippen LogP) is 3.44. The van der Waals surface area contributed by atoms with Crippen molar-refractivity contribution in [3.8, 4) is 0 Å². The molecule has 1 nitrogen and oxygen atoms in total. The molecule has 14 heavy (non-hydrogen) atoms. The predicted molar refractivity (Wildman–Crippen MR) is 57.0 cm³/mol. The molecule has 1 aromatic carbocycles. The van der Waals surface area contributed by atoms with Crippen LogP contribution in [0.4, 0.5) is 4.39 Å². The maximum Gasteiger partial charge on any atom is 0.148 e. The van der Waals surface area contributed by atoms with E-state index in [0.717, 1.165) is 10.9 Å². The van der Waals surface area contributed by atoms with Crippen LogP contribution in [-0.2, 0) is 7.05 Å². The smallest absolute Gasteiger partial charge is 0.148 e. The summed E-state index contributed by atoms with van der Waals surface area (Å²) in [7, 11) is 1.89. The highest BCUT2D eigenvalue weighted by atomic mass is 19.1. The van der Waals surface area contributed by atoms with Crippen molar-refractivity contribution in [3.05, 3.63) is 35.8 Å². The summed E-state index contributed by atoms with van der Waals surface area (Å²) in [4.78, 5) is 0. The average molecular weight is 191 g/mol. The SMILES string of the molecule is CC(C)c1cccc2c(F)cn(C)c12. The summed E-state index contributed by atoms with van der Waals surface area (Å²) in [5, 5.41) is 0.721. The Labute approximate surface area is 83.2 Å². The Morgan fingerprint density at radius 2 is 2.00 bits per heavy atom. The van der Waals surface area contributed by atoms with Crippen LogP contribution in [0, 0.1) is 5.82 Å². The third-order valence-electron chi connectivity index (χ3n) is 2.61. The van der Waals surface area contributed by atoms with Gasteiger partial charge in [-0.25, -0.2) is 4.39 Å². The molecule has 0 unspecified atom stereocenters. The Balaban J connectivity index is 2.85. The molecule has 0 amide bonds. The third-order valence-corrected chi connectivity index (χ3v) is 2.61. The van der Waals surface area contributed by atoms with Gasteiger partial charge in [-0.3, -0.25) is 0 Å². The van der Waals surface area contributed by atoms with Gasteiger partial charge in [0.1, 0.15) is 5.82 Å². The van der Waals surface area contributed by atoms with Gasteiger partial charge in [0.05, 0.1) is 5.52 Å². The molecular formula is C12H14FN. The van der Waals surface area contributed by atoms with Gasteiger partial charge in [-0.1, -0.05) is 26.0 Å². The number of aryl methyl sites for hydroxylation is 1. The van der Waals surface area contributed by atoms with Crippen LogP contribution in [0.3, 0.4) is 0 Å². The number of halogens is 1. The van der Waals surface area contributed by atoms with Gasteiger partial charge < -0.3 is 4.57 Å². The van der Waals surface area contributed by atoms with E-state index in [1.165, 1.54) is 11.8 Å². The number of rotatable bonds is 1. The van der Waals surface area contributed by atoms with Crippen LogP contribution in [0.5, 0.6) is 0 Å². The summed E-state index contributed by atoms with van der Waals surface area (Å²) in [5.41, 5.74) is 2.22. The molecule has 0 saturated carbocycles. The van der Waals surface area contributed by atoms with Crippen LogP contribution in [0.25, 0.3) is 10.9 Å². The highest BCUT2D eigenvalue weighted by Gasteiger charge is 2.11. The van der Waals surface area contributed by atoms with Crippen molar-refractivity contribution >= 4 is 10.9 Å². The van der Waals surface area contributed by atoms with Crippen LogP contribution >= 0.6 is 0 Å². The number of aromatic nitrogens is 1. The van der Waals surface area contributed by atoms with Crippen LogP contribution in [0.2, 0.25) is 0 Å². The van der Waals surface area contributed by atoms with Crippen LogP contribution in [-0.4, -0.2) is 4.57 Å². The van der Waals surface area contributed by atoms with Gasteiger partial charge in [-0.05, 0) is 17.5 Å². The lowest BCUT2D eigenvalue weighted by Crippen LogP contribution is -1.93. The lowest BCUT2D eigenvalue weighted by molar-refractivity contribution is 0.633. The van der Waals surface area contributed by atoms with E-state index >= 15 is 0 Å². The topological polar surface area (TPSA) is 4.93 Å². The second-order valence-corrected chi connectivity index (χ2v) is 3.99. The van der Waals surface area contributed by atoms with E-state index in [-0.39, 0.29) is 5.82 Å². The zero-order valence-electron chi connectivity index (χ0n) is 8.71. The summed E-state index contributed by atoms with van der Waals surface area (Å²) in [6.45, 7) is 4.25. The summed E-state index contributed by atoms with van der Waals surface area (Å²) >= 11 is 0.